The lowest BCUT2D eigenvalue weighted by molar-refractivity contribution is 0.181. The number of nitrogens with zero attached hydrogens (tertiary/aromatic N) is 1. The van der Waals surface area contributed by atoms with Crippen LogP contribution in [-0.2, 0) is 11.3 Å². The van der Waals surface area contributed by atoms with Crippen molar-refractivity contribution >= 4 is 6.03 Å². The molecule has 1 aromatic carbocycles. The van der Waals surface area contributed by atoms with Crippen molar-refractivity contribution in [3.8, 4) is 5.75 Å². The van der Waals surface area contributed by atoms with Gasteiger partial charge >= 0.3 is 6.03 Å². The van der Waals surface area contributed by atoms with Crippen LogP contribution in [0.15, 0.2) is 24.3 Å². The molecule has 1 unspecified atom stereocenters. The molecule has 5 heteroatoms. The quantitative estimate of drug-likeness (QED) is 0.899. The fourth-order valence-electron chi connectivity index (χ4n) is 2.05. The van der Waals surface area contributed by atoms with E-state index < -0.39 is 0 Å². The number of methoxy groups -OCH3 is 1. The van der Waals surface area contributed by atoms with Crippen molar-refractivity contribution in [1.29, 1.82) is 0 Å². The van der Waals surface area contributed by atoms with Crippen LogP contribution in [0.5, 0.6) is 5.75 Å². The minimum Gasteiger partial charge on any atom is -0.497 e. The zero-order chi connectivity index (χ0) is 13.7. The number of amides is 2. The average Bonchev–Trinajstić information content (AvgIpc) is 2.91. The van der Waals surface area contributed by atoms with Crippen LogP contribution < -0.4 is 10.1 Å². The van der Waals surface area contributed by atoms with Gasteiger partial charge in [-0.1, -0.05) is 12.1 Å². The van der Waals surface area contributed by atoms with Crippen LogP contribution in [0.1, 0.15) is 12.0 Å². The Labute approximate surface area is 113 Å². The molecule has 2 amide bonds. The van der Waals surface area contributed by atoms with Crippen LogP contribution in [0.2, 0.25) is 0 Å². The number of hydrogen-bond donors (Lipinski definition) is 1. The Bertz CT molecular complexity index is 430. The van der Waals surface area contributed by atoms with Crippen molar-refractivity contribution < 1.29 is 14.3 Å². The highest BCUT2D eigenvalue weighted by Gasteiger charge is 2.19. The van der Waals surface area contributed by atoms with Gasteiger partial charge in [-0.25, -0.2) is 4.79 Å². The van der Waals surface area contributed by atoms with E-state index in [0.717, 1.165) is 24.3 Å². The normalized spacial score (nSPS) is 18.1. The van der Waals surface area contributed by atoms with Crippen LogP contribution in [0.3, 0.4) is 0 Å². The molecule has 1 heterocycles. The first-order chi connectivity index (χ1) is 9.19. The summed E-state index contributed by atoms with van der Waals surface area (Å²) in [5.41, 5.74) is 1.04. The molecule has 104 valence electrons. The molecule has 1 aromatic rings. The van der Waals surface area contributed by atoms with Gasteiger partial charge in [0.1, 0.15) is 5.75 Å². The van der Waals surface area contributed by atoms with Crippen molar-refractivity contribution in [1.82, 2.24) is 10.2 Å². The van der Waals surface area contributed by atoms with E-state index in [1.807, 2.05) is 24.3 Å². The molecule has 0 saturated carbocycles. The first-order valence-electron chi connectivity index (χ1n) is 6.41. The van der Waals surface area contributed by atoms with Gasteiger partial charge in [-0.2, -0.15) is 0 Å². The molecule has 1 aliphatic heterocycles. The Morgan fingerprint density at radius 1 is 1.58 bits per heavy atom. The molecule has 1 atom stereocenters. The molecule has 0 aliphatic carbocycles. The smallest absolute Gasteiger partial charge is 0.317 e. The predicted molar refractivity (Wildman–Crippen MR) is 72.2 cm³/mol. The maximum absolute atomic E-state index is 12.0. The van der Waals surface area contributed by atoms with Crippen LogP contribution in [0.4, 0.5) is 4.79 Å². The molecule has 1 aliphatic rings. The van der Waals surface area contributed by atoms with Gasteiger partial charge < -0.3 is 19.7 Å². The first kappa shape index (κ1) is 13.7. The molecular weight excluding hydrogens is 244 g/mol. The Morgan fingerprint density at radius 2 is 2.42 bits per heavy atom. The third kappa shape index (κ3) is 3.86. The molecular formula is C14H20N2O3. The monoisotopic (exact) mass is 264 g/mol. The lowest BCUT2D eigenvalue weighted by Gasteiger charge is -2.20. The van der Waals surface area contributed by atoms with Gasteiger partial charge in [0.2, 0.25) is 0 Å². The van der Waals surface area contributed by atoms with E-state index in [-0.39, 0.29) is 12.1 Å². The number of nitrogens with one attached hydrogen (secondary N) is 1. The second-order valence-electron chi connectivity index (χ2n) is 4.72. The molecule has 0 aromatic heterocycles. The van der Waals surface area contributed by atoms with Crippen molar-refractivity contribution in [3.05, 3.63) is 29.8 Å². The van der Waals surface area contributed by atoms with Crippen molar-refractivity contribution in [2.45, 2.75) is 19.0 Å². The Hall–Kier alpha value is -1.75. The summed E-state index contributed by atoms with van der Waals surface area (Å²) in [5.74, 6) is 0.801. The van der Waals surface area contributed by atoms with Gasteiger partial charge in [-0.05, 0) is 24.1 Å². The van der Waals surface area contributed by atoms with Gasteiger partial charge in [0.05, 0.1) is 19.8 Å². The fraction of sp³-hybridized carbons (Fsp3) is 0.500. The number of benzene rings is 1. The fourth-order valence-corrected chi connectivity index (χ4v) is 2.05. The highest BCUT2D eigenvalue weighted by atomic mass is 16.5. The summed E-state index contributed by atoms with van der Waals surface area (Å²) in [4.78, 5) is 13.6. The van der Waals surface area contributed by atoms with Crippen molar-refractivity contribution in [2.75, 3.05) is 27.4 Å². The number of urea groups is 1. The van der Waals surface area contributed by atoms with Crippen LogP contribution >= 0.6 is 0 Å². The summed E-state index contributed by atoms with van der Waals surface area (Å²) in [7, 11) is 3.42. The Balaban J connectivity index is 1.88. The summed E-state index contributed by atoms with van der Waals surface area (Å²) < 4.78 is 10.4. The Morgan fingerprint density at radius 3 is 3.11 bits per heavy atom. The second kappa shape index (κ2) is 6.43. The molecule has 0 bridgehead atoms. The van der Waals surface area contributed by atoms with Crippen LogP contribution in [0.25, 0.3) is 0 Å². The summed E-state index contributed by atoms with van der Waals surface area (Å²) in [5, 5.41) is 2.96. The lowest BCUT2D eigenvalue weighted by atomic mass is 10.2. The molecule has 0 radical (unpaired) electrons. The SMILES string of the molecule is COc1cccc(CN(C)C(=O)NC2CCOC2)c1. The van der Waals surface area contributed by atoms with Gasteiger partial charge in [0.15, 0.2) is 0 Å². The molecule has 1 saturated heterocycles. The molecule has 0 spiro atoms. The number of rotatable bonds is 4. The van der Waals surface area contributed by atoms with Crippen LogP contribution in [-0.4, -0.2) is 44.3 Å². The number of hydrogen-bond acceptors (Lipinski definition) is 3. The van der Waals surface area contributed by atoms with E-state index in [1.54, 1.807) is 19.1 Å². The van der Waals surface area contributed by atoms with E-state index in [2.05, 4.69) is 5.32 Å². The second-order valence-corrected chi connectivity index (χ2v) is 4.72. The topological polar surface area (TPSA) is 50.8 Å². The largest absolute Gasteiger partial charge is 0.497 e. The summed E-state index contributed by atoms with van der Waals surface area (Å²) in [6.45, 7) is 1.89. The van der Waals surface area contributed by atoms with Crippen molar-refractivity contribution in [3.63, 3.8) is 0 Å². The third-order valence-corrected chi connectivity index (χ3v) is 3.16. The third-order valence-electron chi connectivity index (χ3n) is 3.16. The maximum atomic E-state index is 12.0. The van der Waals surface area contributed by atoms with Gasteiger partial charge in [-0.3, -0.25) is 0 Å². The zero-order valence-electron chi connectivity index (χ0n) is 11.4. The van der Waals surface area contributed by atoms with E-state index in [0.29, 0.717) is 13.2 Å². The average molecular weight is 264 g/mol. The zero-order valence-corrected chi connectivity index (χ0v) is 11.4. The highest BCUT2D eigenvalue weighted by Crippen LogP contribution is 2.14. The van der Waals surface area contributed by atoms with E-state index in [4.69, 9.17) is 9.47 Å². The molecule has 1 N–H and O–H groups in total. The van der Waals surface area contributed by atoms with E-state index in [9.17, 15) is 4.79 Å². The van der Waals surface area contributed by atoms with Crippen molar-refractivity contribution in [2.24, 2.45) is 0 Å². The number of ether oxygens (including phenoxy) is 2. The summed E-state index contributed by atoms with van der Waals surface area (Å²) in [6, 6.07) is 7.79. The predicted octanol–water partition coefficient (Wildman–Crippen LogP) is 1.63. The van der Waals surface area contributed by atoms with Gasteiger partial charge in [0, 0.05) is 20.2 Å². The number of carbonyl (C=O) groups is 1. The van der Waals surface area contributed by atoms with E-state index >= 15 is 0 Å². The summed E-state index contributed by atoms with van der Waals surface area (Å²) >= 11 is 0. The molecule has 2 rings (SSSR count). The standard InChI is InChI=1S/C14H20N2O3/c1-16(14(17)15-12-6-7-19-10-12)9-11-4-3-5-13(8-11)18-2/h3-5,8,12H,6-7,9-10H2,1-2H3,(H,15,17). The molecule has 5 nitrogen and oxygen atoms in total. The van der Waals surface area contributed by atoms with Gasteiger partial charge in [-0.15, -0.1) is 0 Å². The minimum absolute atomic E-state index is 0.0710. The minimum atomic E-state index is -0.0710. The number of carbonyl (C=O) groups excluding carboxylic acids is 1. The van der Waals surface area contributed by atoms with Crippen LogP contribution in [0, 0.1) is 0 Å². The molecule has 1 fully saturated rings. The maximum Gasteiger partial charge on any atom is 0.317 e. The van der Waals surface area contributed by atoms with Gasteiger partial charge in [0.25, 0.3) is 0 Å². The lowest BCUT2D eigenvalue weighted by Crippen LogP contribution is -2.43. The Kier molecular flexibility index (Phi) is 4.63. The molecule has 19 heavy (non-hydrogen) atoms. The summed E-state index contributed by atoms with van der Waals surface area (Å²) in [6.07, 6.45) is 0.888. The first-order valence-corrected chi connectivity index (χ1v) is 6.41. The highest BCUT2D eigenvalue weighted by molar-refractivity contribution is 5.74. The van der Waals surface area contributed by atoms with E-state index in [1.165, 1.54) is 0 Å².